The van der Waals surface area contributed by atoms with Crippen molar-refractivity contribution in [1.82, 2.24) is 9.80 Å². The molecule has 0 atom stereocenters. The van der Waals surface area contributed by atoms with E-state index in [1.807, 2.05) is 0 Å². The van der Waals surface area contributed by atoms with Crippen LogP contribution in [0.25, 0.3) is 0 Å². The smallest absolute Gasteiger partial charge is 0.318 e. The highest BCUT2D eigenvalue weighted by molar-refractivity contribution is 6.37. The van der Waals surface area contributed by atoms with Gasteiger partial charge >= 0.3 is 11.8 Å². The number of likely N-dealkylation sites (tertiary alicyclic amines) is 1. The third kappa shape index (κ3) is 4.87. The predicted octanol–water partition coefficient (Wildman–Crippen LogP) is 0.424. The number of hydrogen-bond donors (Lipinski definition) is 1. The summed E-state index contributed by atoms with van der Waals surface area (Å²) in [6.45, 7) is 1.92. The van der Waals surface area contributed by atoms with E-state index in [1.54, 1.807) is 17.0 Å². The lowest BCUT2D eigenvalue weighted by atomic mass is 10.0. The topological polar surface area (TPSA) is 101 Å². The van der Waals surface area contributed by atoms with Gasteiger partial charge in [-0.2, -0.15) is 0 Å². The van der Waals surface area contributed by atoms with Crippen molar-refractivity contribution in [1.29, 1.82) is 0 Å². The summed E-state index contributed by atoms with van der Waals surface area (Å²) in [6.07, 6.45) is 2.67. The Morgan fingerprint density at radius 1 is 1.19 bits per heavy atom. The Morgan fingerprint density at radius 2 is 1.77 bits per heavy atom. The number of hydrogen-bond acceptors (Lipinski definition) is 4. The average molecular weight is 362 g/mol. The molecule has 139 valence electrons. The summed E-state index contributed by atoms with van der Waals surface area (Å²) in [4.78, 5) is 49.3. The molecule has 2 rings (SSSR count). The molecule has 0 aliphatic carbocycles. The summed E-state index contributed by atoms with van der Waals surface area (Å²) in [6, 6.07) is 5.46. The molecule has 7 nitrogen and oxygen atoms in total. The van der Waals surface area contributed by atoms with Gasteiger partial charge in [0, 0.05) is 26.1 Å². The number of piperidine rings is 1. The van der Waals surface area contributed by atoms with Gasteiger partial charge in [0.2, 0.25) is 11.8 Å². The lowest BCUT2D eigenvalue weighted by molar-refractivity contribution is -0.154. The van der Waals surface area contributed by atoms with E-state index in [0.717, 1.165) is 10.5 Å². The zero-order chi connectivity index (χ0) is 19.3. The molecule has 1 fully saturated rings. The van der Waals surface area contributed by atoms with E-state index in [2.05, 4.69) is 0 Å². The molecule has 0 aromatic heterocycles. The molecule has 1 aliphatic heterocycles. The van der Waals surface area contributed by atoms with Gasteiger partial charge < -0.3 is 10.6 Å². The van der Waals surface area contributed by atoms with E-state index in [9.17, 15) is 23.6 Å². The molecule has 1 aliphatic rings. The number of halogens is 1. The summed E-state index contributed by atoms with van der Waals surface area (Å²) in [7, 11) is 0. The van der Waals surface area contributed by atoms with Crippen LogP contribution >= 0.6 is 0 Å². The molecular weight excluding hydrogens is 341 g/mol. The highest BCUT2D eigenvalue weighted by Gasteiger charge is 2.33. The lowest BCUT2D eigenvalue weighted by Crippen LogP contribution is -2.53. The van der Waals surface area contributed by atoms with Crippen LogP contribution in [0.3, 0.4) is 0 Å². The Bertz CT molecular complexity index is 697. The summed E-state index contributed by atoms with van der Waals surface area (Å²) < 4.78 is 12.9. The van der Waals surface area contributed by atoms with Gasteiger partial charge in [0.25, 0.3) is 0 Å². The van der Waals surface area contributed by atoms with E-state index in [-0.39, 0.29) is 11.7 Å². The molecule has 1 aromatic carbocycles. The maximum atomic E-state index is 12.9. The molecule has 0 spiro atoms. The Labute approximate surface area is 150 Å². The standard InChI is InChI=1S/C18H21FN3O4/c1-12(23)22(18(26)17(20)25)15-8-10-21(11-9-15)16(24)7-4-13-2-5-14(19)6-3-13/h2-3,5-7,15H,4,8-11H2,1H3,(H2,20,25). The van der Waals surface area contributed by atoms with Crippen molar-refractivity contribution in [2.75, 3.05) is 13.1 Å². The lowest BCUT2D eigenvalue weighted by Gasteiger charge is -2.36. The Hall–Kier alpha value is -2.77. The molecule has 0 bridgehead atoms. The van der Waals surface area contributed by atoms with Crippen LogP contribution in [-0.4, -0.2) is 52.6 Å². The second-order valence-electron chi connectivity index (χ2n) is 6.15. The second kappa shape index (κ2) is 8.55. The van der Waals surface area contributed by atoms with Crippen molar-refractivity contribution in [2.45, 2.75) is 32.2 Å². The van der Waals surface area contributed by atoms with E-state index >= 15 is 0 Å². The first-order valence-corrected chi connectivity index (χ1v) is 8.29. The van der Waals surface area contributed by atoms with E-state index < -0.39 is 23.8 Å². The van der Waals surface area contributed by atoms with Crippen LogP contribution < -0.4 is 5.73 Å². The number of amides is 4. The largest absolute Gasteiger partial charge is 0.361 e. The number of benzene rings is 1. The van der Waals surface area contributed by atoms with Gasteiger partial charge in [0.15, 0.2) is 0 Å². The maximum absolute atomic E-state index is 12.9. The second-order valence-corrected chi connectivity index (χ2v) is 6.15. The number of carbonyl (C=O) groups excluding carboxylic acids is 4. The van der Waals surface area contributed by atoms with Gasteiger partial charge in [-0.3, -0.25) is 24.1 Å². The van der Waals surface area contributed by atoms with Crippen molar-refractivity contribution in [3.63, 3.8) is 0 Å². The minimum atomic E-state index is -1.17. The number of imide groups is 1. The fraction of sp³-hybridized carbons (Fsp3) is 0.389. The van der Waals surface area contributed by atoms with Crippen molar-refractivity contribution >= 4 is 23.6 Å². The number of primary amides is 1. The summed E-state index contributed by atoms with van der Waals surface area (Å²) in [5.74, 6) is -3.23. The van der Waals surface area contributed by atoms with E-state index in [4.69, 9.17) is 5.73 Å². The number of rotatable bonds is 4. The zero-order valence-corrected chi connectivity index (χ0v) is 14.5. The zero-order valence-electron chi connectivity index (χ0n) is 14.5. The molecule has 0 unspecified atom stereocenters. The van der Waals surface area contributed by atoms with Crippen LogP contribution in [0.5, 0.6) is 0 Å². The summed E-state index contributed by atoms with van der Waals surface area (Å²) in [5, 5.41) is 0. The fourth-order valence-electron chi connectivity index (χ4n) is 2.98. The Balaban J connectivity index is 1.87. The van der Waals surface area contributed by atoms with E-state index in [1.165, 1.54) is 25.5 Å². The predicted molar refractivity (Wildman–Crippen MR) is 90.7 cm³/mol. The van der Waals surface area contributed by atoms with Gasteiger partial charge in [-0.15, -0.1) is 0 Å². The van der Waals surface area contributed by atoms with Crippen LogP contribution in [0.15, 0.2) is 24.3 Å². The number of carbonyl (C=O) groups is 4. The van der Waals surface area contributed by atoms with Crippen LogP contribution in [0.1, 0.15) is 25.3 Å². The number of nitrogens with zero attached hydrogens (tertiary/aromatic N) is 2. The average Bonchev–Trinajstić information content (AvgIpc) is 2.61. The highest BCUT2D eigenvalue weighted by Crippen LogP contribution is 2.18. The molecular formula is C18H21FN3O4. The molecule has 1 aromatic rings. The monoisotopic (exact) mass is 362 g/mol. The molecule has 1 radical (unpaired) electrons. The third-order valence-corrected chi connectivity index (χ3v) is 4.34. The first-order valence-electron chi connectivity index (χ1n) is 8.29. The summed E-state index contributed by atoms with van der Waals surface area (Å²) >= 11 is 0. The summed E-state index contributed by atoms with van der Waals surface area (Å²) in [5.41, 5.74) is 5.81. The van der Waals surface area contributed by atoms with Crippen LogP contribution in [0.2, 0.25) is 0 Å². The first-order chi connectivity index (χ1) is 12.3. The molecule has 1 saturated heterocycles. The fourth-order valence-corrected chi connectivity index (χ4v) is 2.98. The van der Waals surface area contributed by atoms with Gasteiger partial charge in [-0.05, 0) is 37.0 Å². The molecule has 2 N–H and O–H groups in total. The Kier molecular flexibility index (Phi) is 6.43. The molecule has 26 heavy (non-hydrogen) atoms. The molecule has 1 heterocycles. The highest BCUT2D eigenvalue weighted by atomic mass is 19.1. The molecule has 4 amide bonds. The van der Waals surface area contributed by atoms with Crippen molar-refractivity contribution in [2.24, 2.45) is 5.73 Å². The molecule has 0 saturated carbocycles. The third-order valence-electron chi connectivity index (χ3n) is 4.34. The minimum Gasteiger partial charge on any atom is -0.361 e. The van der Waals surface area contributed by atoms with Crippen LogP contribution in [0, 0.1) is 12.2 Å². The Morgan fingerprint density at radius 3 is 2.27 bits per heavy atom. The van der Waals surface area contributed by atoms with Gasteiger partial charge in [-0.1, -0.05) is 12.1 Å². The van der Waals surface area contributed by atoms with Gasteiger partial charge in [0.1, 0.15) is 5.82 Å². The van der Waals surface area contributed by atoms with Crippen molar-refractivity contribution in [3.05, 3.63) is 42.1 Å². The van der Waals surface area contributed by atoms with Crippen LogP contribution in [-0.2, 0) is 25.6 Å². The minimum absolute atomic E-state index is 0.164. The van der Waals surface area contributed by atoms with Crippen molar-refractivity contribution < 1.29 is 23.6 Å². The van der Waals surface area contributed by atoms with Crippen LogP contribution in [0.4, 0.5) is 4.39 Å². The normalized spacial score (nSPS) is 14.8. The molecule has 8 heteroatoms. The van der Waals surface area contributed by atoms with Gasteiger partial charge in [0.05, 0.1) is 6.42 Å². The number of nitrogens with two attached hydrogens (primary N) is 1. The SMILES string of the molecule is CC(=O)N(C(=O)C(N)=O)C1CCN(C(=O)[CH]Cc2ccc(F)cc2)CC1. The first kappa shape index (κ1) is 19.6. The maximum Gasteiger partial charge on any atom is 0.318 e. The van der Waals surface area contributed by atoms with E-state index in [0.29, 0.717) is 32.4 Å². The quantitative estimate of drug-likeness (QED) is 0.785. The van der Waals surface area contributed by atoms with Crippen molar-refractivity contribution in [3.8, 4) is 0 Å². The van der Waals surface area contributed by atoms with Gasteiger partial charge in [-0.25, -0.2) is 4.39 Å².